The summed E-state index contributed by atoms with van der Waals surface area (Å²) in [5.41, 5.74) is 6.55. The SMILES string of the molecule is COc1ccc(Cl)cc1C(=O)NNC(=S)NCc1ccccc1. The van der Waals surface area contributed by atoms with Crippen LogP contribution in [0.3, 0.4) is 0 Å². The third-order valence-corrected chi connectivity index (χ3v) is 3.47. The largest absolute Gasteiger partial charge is 0.496 e. The summed E-state index contributed by atoms with van der Waals surface area (Å²) in [5, 5.41) is 3.75. The third kappa shape index (κ3) is 5.12. The van der Waals surface area contributed by atoms with Crippen molar-refractivity contribution in [1.82, 2.24) is 16.2 Å². The number of nitrogens with one attached hydrogen (secondary N) is 3. The Kier molecular flexibility index (Phi) is 6.19. The first-order valence-electron chi connectivity index (χ1n) is 6.82. The minimum absolute atomic E-state index is 0.309. The molecule has 0 spiro atoms. The van der Waals surface area contributed by atoms with Crippen molar-refractivity contribution in [3.63, 3.8) is 0 Å². The lowest BCUT2D eigenvalue weighted by molar-refractivity contribution is 0.0940. The van der Waals surface area contributed by atoms with Crippen LogP contribution in [0, 0.1) is 0 Å². The van der Waals surface area contributed by atoms with Crippen LogP contribution >= 0.6 is 23.8 Å². The fraction of sp³-hybridized carbons (Fsp3) is 0.125. The molecule has 0 aliphatic carbocycles. The molecule has 120 valence electrons. The first-order chi connectivity index (χ1) is 11.1. The van der Waals surface area contributed by atoms with E-state index in [9.17, 15) is 4.79 Å². The molecular weight excluding hydrogens is 334 g/mol. The van der Waals surface area contributed by atoms with Crippen molar-refractivity contribution in [1.29, 1.82) is 0 Å². The molecule has 0 saturated carbocycles. The van der Waals surface area contributed by atoms with Crippen molar-refractivity contribution in [2.24, 2.45) is 0 Å². The van der Waals surface area contributed by atoms with E-state index < -0.39 is 5.91 Å². The van der Waals surface area contributed by atoms with Crippen LogP contribution in [0.15, 0.2) is 48.5 Å². The van der Waals surface area contributed by atoms with Crippen LogP contribution in [-0.4, -0.2) is 18.1 Å². The van der Waals surface area contributed by atoms with Gasteiger partial charge in [-0.2, -0.15) is 0 Å². The van der Waals surface area contributed by atoms with E-state index in [0.717, 1.165) is 5.56 Å². The molecule has 0 aromatic heterocycles. The van der Waals surface area contributed by atoms with Crippen LogP contribution in [0.25, 0.3) is 0 Å². The van der Waals surface area contributed by atoms with Crippen molar-refractivity contribution in [2.75, 3.05) is 7.11 Å². The van der Waals surface area contributed by atoms with Crippen molar-refractivity contribution < 1.29 is 9.53 Å². The lowest BCUT2D eigenvalue weighted by Gasteiger charge is -2.13. The second-order valence-electron chi connectivity index (χ2n) is 4.59. The summed E-state index contributed by atoms with van der Waals surface area (Å²) in [5.74, 6) is 0.0325. The van der Waals surface area contributed by atoms with Gasteiger partial charge in [0.05, 0.1) is 12.7 Å². The number of hydrogen-bond donors (Lipinski definition) is 3. The highest BCUT2D eigenvalue weighted by atomic mass is 35.5. The van der Waals surface area contributed by atoms with Gasteiger partial charge in [-0.3, -0.25) is 15.6 Å². The summed E-state index contributed by atoms with van der Waals surface area (Å²) in [6.07, 6.45) is 0. The number of rotatable bonds is 4. The lowest BCUT2D eigenvalue weighted by Crippen LogP contribution is -2.46. The van der Waals surface area contributed by atoms with Gasteiger partial charge >= 0.3 is 0 Å². The van der Waals surface area contributed by atoms with Gasteiger partial charge < -0.3 is 10.1 Å². The Morgan fingerprint density at radius 3 is 2.61 bits per heavy atom. The summed E-state index contributed by atoms with van der Waals surface area (Å²) in [4.78, 5) is 12.2. The number of thiocarbonyl (C=S) groups is 1. The van der Waals surface area contributed by atoms with Gasteiger partial charge in [0.2, 0.25) is 0 Å². The highest BCUT2D eigenvalue weighted by Crippen LogP contribution is 2.22. The number of halogens is 1. The molecule has 23 heavy (non-hydrogen) atoms. The zero-order valence-corrected chi connectivity index (χ0v) is 14.0. The van der Waals surface area contributed by atoms with Gasteiger partial charge in [0.1, 0.15) is 5.75 Å². The molecule has 0 aliphatic rings. The Labute approximate surface area is 145 Å². The van der Waals surface area contributed by atoms with Crippen molar-refractivity contribution >= 4 is 34.8 Å². The number of hydrogen-bond acceptors (Lipinski definition) is 3. The summed E-state index contributed by atoms with van der Waals surface area (Å²) in [6.45, 7) is 0.559. The molecule has 0 unspecified atom stereocenters. The summed E-state index contributed by atoms with van der Waals surface area (Å²) in [6, 6.07) is 14.6. The Bertz CT molecular complexity index is 695. The van der Waals surface area contributed by atoms with E-state index >= 15 is 0 Å². The van der Waals surface area contributed by atoms with Gasteiger partial charge in [0.15, 0.2) is 5.11 Å². The third-order valence-electron chi connectivity index (χ3n) is 2.99. The second-order valence-corrected chi connectivity index (χ2v) is 5.44. The molecular formula is C16H16ClN3O2S. The maximum atomic E-state index is 12.2. The fourth-order valence-corrected chi connectivity index (χ4v) is 2.16. The van der Waals surface area contributed by atoms with Gasteiger partial charge in [0, 0.05) is 11.6 Å². The van der Waals surface area contributed by atoms with E-state index in [1.807, 2.05) is 30.3 Å². The monoisotopic (exact) mass is 349 g/mol. The van der Waals surface area contributed by atoms with E-state index in [-0.39, 0.29) is 0 Å². The average Bonchev–Trinajstić information content (AvgIpc) is 2.58. The number of hydrazine groups is 1. The van der Waals surface area contributed by atoms with Crippen molar-refractivity contribution in [3.8, 4) is 5.75 Å². The quantitative estimate of drug-likeness (QED) is 0.585. The van der Waals surface area contributed by atoms with E-state index in [0.29, 0.717) is 28.0 Å². The molecule has 5 nitrogen and oxygen atoms in total. The highest BCUT2D eigenvalue weighted by molar-refractivity contribution is 7.80. The normalized spacial score (nSPS) is 9.83. The molecule has 0 radical (unpaired) electrons. The maximum absolute atomic E-state index is 12.2. The Balaban J connectivity index is 1.86. The Morgan fingerprint density at radius 2 is 1.91 bits per heavy atom. The number of ether oxygens (including phenoxy) is 1. The molecule has 0 saturated heterocycles. The Morgan fingerprint density at radius 1 is 1.17 bits per heavy atom. The molecule has 3 N–H and O–H groups in total. The van der Waals surface area contributed by atoms with Gasteiger partial charge in [-0.25, -0.2) is 0 Å². The molecule has 1 amide bonds. The van der Waals surface area contributed by atoms with Crippen molar-refractivity contribution in [2.45, 2.75) is 6.54 Å². The first kappa shape index (κ1) is 17.1. The first-order valence-corrected chi connectivity index (χ1v) is 7.60. The smallest absolute Gasteiger partial charge is 0.273 e. The van der Waals surface area contributed by atoms with Gasteiger partial charge in [-0.1, -0.05) is 41.9 Å². The highest BCUT2D eigenvalue weighted by Gasteiger charge is 2.12. The maximum Gasteiger partial charge on any atom is 0.273 e. The van der Waals surface area contributed by atoms with Gasteiger partial charge in [0.25, 0.3) is 5.91 Å². The van der Waals surface area contributed by atoms with Crippen LogP contribution in [0.4, 0.5) is 0 Å². The van der Waals surface area contributed by atoms with Crippen LogP contribution in [0.5, 0.6) is 5.75 Å². The van der Waals surface area contributed by atoms with Crippen LogP contribution < -0.4 is 20.9 Å². The molecule has 0 heterocycles. The average molecular weight is 350 g/mol. The van der Waals surface area contributed by atoms with Crippen LogP contribution in [-0.2, 0) is 6.54 Å². The summed E-state index contributed by atoms with van der Waals surface area (Å²) >= 11 is 11.0. The van der Waals surface area contributed by atoms with E-state index in [2.05, 4.69) is 16.2 Å². The van der Waals surface area contributed by atoms with E-state index in [1.54, 1.807) is 12.1 Å². The summed E-state index contributed by atoms with van der Waals surface area (Å²) < 4.78 is 5.14. The molecule has 0 fully saturated rings. The number of amides is 1. The number of carbonyl (C=O) groups is 1. The minimum atomic E-state index is -0.395. The van der Waals surface area contributed by atoms with Crippen LogP contribution in [0.1, 0.15) is 15.9 Å². The topological polar surface area (TPSA) is 62.4 Å². The van der Waals surface area contributed by atoms with E-state index in [1.165, 1.54) is 13.2 Å². The molecule has 0 aliphatic heterocycles. The number of carbonyl (C=O) groups excluding carboxylic acids is 1. The Hall–Kier alpha value is -2.31. The molecule has 0 bridgehead atoms. The number of methoxy groups -OCH3 is 1. The predicted octanol–water partition coefficient (Wildman–Crippen LogP) is 2.66. The molecule has 7 heteroatoms. The standard InChI is InChI=1S/C16H16ClN3O2S/c1-22-14-8-7-12(17)9-13(14)15(21)19-20-16(23)18-10-11-5-3-2-4-6-11/h2-9H,10H2,1H3,(H,19,21)(H2,18,20,23). The molecule has 2 aromatic carbocycles. The number of benzene rings is 2. The lowest BCUT2D eigenvalue weighted by atomic mass is 10.2. The molecule has 2 aromatic rings. The molecule has 2 rings (SSSR count). The van der Waals surface area contributed by atoms with Crippen LogP contribution in [0.2, 0.25) is 5.02 Å². The van der Waals surface area contributed by atoms with E-state index in [4.69, 9.17) is 28.6 Å². The zero-order chi connectivity index (χ0) is 16.7. The second kappa shape index (κ2) is 8.36. The molecule has 0 atom stereocenters. The van der Waals surface area contributed by atoms with Gasteiger partial charge in [-0.05, 0) is 36.0 Å². The predicted molar refractivity (Wildman–Crippen MR) is 94.5 cm³/mol. The zero-order valence-electron chi connectivity index (χ0n) is 12.4. The van der Waals surface area contributed by atoms with Gasteiger partial charge in [-0.15, -0.1) is 0 Å². The summed E-state index contributed by atoms with van der Waals surface area (Å²) in [7, 11) is 1.49. The fourth-order valence-electron chi connectivity index (χ4n) is 1.86. The minimum Gasteiger partial charge on any atom is -0.496 e. The van der Waals surface area contributed by atoms with Crippen molar-refractivity contribution in [3.05, 3.63) is 64.7 Å².